The van der Waals surface area contributed by atoms with Crippen molar-refractivity contribution in [3.63, 3.8) is 0 Å². The maximum absolute atomic E-state index is 10.5. The van der Waals surface area contributed by atoms with Crippen LogP contribution in [0.4, 0.5) is 11.6 Å². The molecule has 0 amide bonds. The van der Waals surface area contributed by atoms with Gasteiger partial charge in [0.15, 0.2) is 0 Å². The van der Waals surface area contributed by atoms with Crippen LogP contribution in [0, 0.1) is 0 Å². The van der Waals surface area contributed by atoms with Crippen LogP contribution in [0.5, 0.6) is 0 Å². The molecule has 1 aromatic heterocycles. The molecule has 0 bridgehead atoms. The van der Waals surface area contributed by atoms with Crippen LogP contribution in [-0.4, -0.2) is 17.1 Å². The Kier molecular flexibility index (Phi) is 3.06. The number of anilines is 2. The van der Waals surface area contributed by atoms with E-state index in [4.69, 9.17) is 9.52 Å². The largest absolute Gasteiger partial charge is 0.478 e. The van der Waals surface area contributed by atoms with Crippen molar-refractivity contribution in [3.05, 3.63) is 53.8 Å². The summed E-state index contributed by atoms with van der Waals surface area (Å²) >= 11 is 0. The van der Waals surface area contributed by atoms with Gasteiger partial charge in [0, 0.05) is 23.9 Å². The predicted molar refractivity (Wildman–Crippen MR) is 77.1 cm³/mol. The average Bonchev–Trinajstić information content (AvgIpc) is 2.99. The topological polar surface area (TPSA) is 53.7 Å². The van der Waals surface area contributed by atoms with Crippen LogP contribution in [-0.2, 0) is 11.2 Å². The van der Waals surface area contributed by atoms with Crippen molar-refractivity contribution in [3.8, 4) is 0 Å². The lowest BCUT2D eigenvalue weighted by molar-refractivity contribution is -0.131. The molecule has 0 saturated heterocycles. The third-order valence-corrected chi connectivity index (χ3v) is 3.45. The fraction of sp³-hybridized carbons (Fsp3) is 0.188. The zero-order chi connectivity index (χ0) is 14.1. The van der Waals surface area contributed by atoms with Crippen LogP contribution in [0.3, 0.4) is 0 Å². The number of hydrogen-bond donors (Lipinski definition) is 1. The Morgan fingerprint density at radius 2 is 2.15 bits per heavy atom. The number of carboxylic acid groups (broad SMARTS) is 1. The first-order chi connectivity index (χ1) is 9.65. The highest BCUT2D eigenvalue weighted by Crippen LogP contribution is 2.38. The molecule has 1 unspecified atom stereocenters. The fourth-order valence-electron chi connectivity index (χ4n) is 2.62. The molecule has 1 aromatic carbocycles. The van der Waals surface area contributed by atoms with Crippen LogP contribution in [0.15, 0.2) is 46.9 Å². The molecule has 20 heavy (non-hydrogen) atoms. The van der Waals surface area contributed by atoms with Crippen molar-refractivity contribution in [1.29, 1.82) is 0 Å². The SMILES string of the molecule is CC1Cc2ccccc2N1c1ccc(/C=C/C(=O)O)o1. The van der Waals surface area contributed by atoms with Gasteiger partial charge in [0.2, 0.25) is 5.88 Å². The van der Waals surface area contributed by atoms with E-state index in [9.17, 15) is 4.79 Å². The van der Waals surface area contributed by atoms with Gasteiger partial charge in [0.05, 0.1) is 0 Å². The molecule has 3 rings (SSSR count). The number of carboxylic acids is 1. The predicted octanol–water partition coefficient (Wildman–Crippen LogP) is 3.46. The molecule has 1 N–H and O–H groups in total. The third kappa shape index (κ3) is 2.20. The van der Waals surface area contributed by atoms with Crippen molar-refractivity contribution >= 4 is 23.6 Å². The number of nitrogens with zero attached hydrogens (tertiary/aromatic N) is 1. The lowest BCUT2D eigenvalue weighted by atomic mass is 10.1. The first kappa shape index (κ1) is 12.5. The van der Waals surface area contributed by atoms with Gasteiger partial charge < -0.3 is 14.4 Å². The molecule has 0 spiro atoms. The van der Waals surface area contributed by atoms with E-state index in [0.29, 0.717) is 11.8 Å². The van der Waals surface area contributed by atoms with Gasteiger partial charge in [-0.3, -0.25) is 0 Å². The number of benzene rings is 1. The Morgan fingerprint density at radius 1 is 1.35 bits per heavy atom. The zero-order valence-electron chi connectivity index (χ0n) is 11.1. The Bertz CT molecular complexity index is 672. The molecule has 1 aliphatic heterocycles. The number of hydrogen-bond acceptors (Lipinski definition) is 3. The second-order valence-electron chi connectivity index (χ2n) is 4.90. The standard InChI is InChI=1S/C16H15NO3/c1-11-10-12-4-2-3-5-14(12)17(11)15-8-6-13(20-15)7-9-16(18)19/h2-9,11H,10H2,1H3,(H,18,19)/b9-7+. The van der Waals surface area contributed by atoms with E-state index in [2.05, 4.69) is 24.0 Å². The lowest BCUT2D eigenvalue weighted by Gasteiger charge is -2.21. The summed E-state index contributed by atoms with van der Waals surface area (Å²) in [6.45, 7) is 2.15. The Labute approximate surface area is 116 Å². The summed E-state index contributed by atoms with van der Waals surface area (Å²) in [4.78, 5) is 12.7. The normalized spacial score (nSPS) is 17.6. The maximum atomic E-state index is 10.5. The van der Waals surface area contributed by atoms with E-state index < -0.39 is 5.97 Å². The summed E-state index contributed by atoms with van der Waals surface area (Å²) < 4.78 is 5.72. The van der Waals surface area contributed by atoms with Gasteiger partial charge in [-0.15, -0.1) is 0 Å². The van der Waals surface area contributed by atoms with Crippen molar-refractivity contribution < 1.29 is 14.3 Å². The van der Waals surface area contributed by atoms with Crippen molar-refractivity contribution in [1.82, 2.24) is 0 Å². The minimum atomic E-state index is -0.983. The van der Waals surface area contributed by atoms with Crippen LogP contribution in [0.25, 0.3) is 6.08 Å². The highest BCUT2D eigenvalue weighted by Gasteiger charge is 2.28. The van der Waals surface area contributed by atoms with Gasteiger partial charge in [-0.05, 0) is 37.1 Å². The summed E-state index contributed by atoms with van der Waals surface area (Å²) in [6, 6.07) is 12.2. The third-order valence-electron chi connectivity index (χ3n) is 3.45. The summed E-state index contributed by atoms with van der Waals surface area (Å²) in [6.07, 6.45) is 3.51. The van der Waals surface area contributed by atoms with Crippen molar-refractivity contribution in [2.24, 2.45) is 0 Å². The number of rotatable bonds is 3. The molecule has 1 atom stereocenters. The Balaban J connectivity index is 1.92. The van der Waals surface area contributed by atoms with E-state index in [1.54, 1.807) is 6.07 Å². The number of fused-ring (bicyclic) bond motifs is 1. The molecule has 1 aliphatic rings. The number of aliphatic carboxylic acids is 1. The highest BCUT2D eigenvalue weighted by molar-refractivity contribution is 5.84. The smallest absolute Gasteiger partial charge is 0.328 e. The second kappa shape index (κ2) is 4.89. The molecular formula is C16H15NO3. The number of carbonyl (C=O) groups is 1. The summed E-state index contributed by atoms with van der Waals surface area (Å²) in [5.41, 5.74) is 2.46. The van der Waals surface area contributed by atoms with Gasteiger partial charge in [-0.1, -0.05) is 18.2 Å². The Morgan fingerprint density at radius 3 is 2.95 bits per heavy atom. The minimum Gasteiger partial charge on any atom is -0.478 e. The van der Waals surface area contributed by atoms with Gasteiger partial charge >= 0.3 is 5.97 Å². The van der Waals surface area contributed by atoms with Gasteiger partial charge in [-0.2, -0.15) is 0 Å². The van der Waals surface area contributed by atoms with E-state index >= 15 is 0 Å². The maximum Gasteiger partial charge on any atom is 0.328 e. The quantitative estimate of drug-likeness (QED) is 0.867. The van der Waals surface area contributed by atoms with Crippen LogP contribution in [0.2, 0.25) is 0 Å². The monoisotopic (exact) mass is 269 g/mol. The molecule has 102 valence electrons. The molecule has 4 heteroatoms. The van der Waals surface area contributed by atoms with Crippen LogP contribution in [0.1, 0.15) is 18.2 Å². The summed E-state index contributed by atoms with van der Waals surface area (Å²) in [7, 11) is 0. The molecule has 4 nitrogen and oxygen atoms in total. The van der Waals surface area contributed by atoms with Gasteiger partial charge in [0.1, 0.15) is 5.76 Å². The van der Waals surface area contributed by atoms with E-state index in [1.807, 2.05) is 18.2 Å². The number of furan rings is 1. The molecule has 2 heterocycles. The van der Waals surface area contributed by atoms with Gasteiger partial charge in [-0.25, -0.2) is 4.79 Å². The second-order valence-corrected chi connectivity index (χ2v) is 4.90. The summed E-state index contributed by atoms with van der Waals surface area (Å²) in [5, 5.41) is 8.63. The first-order valence-corrected chi connectivity index (χ1v) is 6.53. The van der Waals surface area contributed by atoms with Crippen molar-refractivity contribution in [2.45, 2.75) is 19.4 Å². The minimum absolute atomic E-state index is 0.329. The van der Waals surface area contributed by atoms with Crippen LogP contribution >= 0.6 is 0 Å². The average molecular weight is 269 g/mol. The van der Waals surface area contributed by atoms with E-state index in [1.165, 1.54) is 11.6 Å². The van der Waals surface area contributed by atoms with Gasteiger partial charge in [0.25, 0.3) is 0 Å². The zero-order valence-corrected chi connectivity index (χ0v) is 11.1. The number of para-hydroxylation sites is 1. The lowest BCUT2D eigenvalue weighted by Crippen LogP contribution is -2.23. The highest BCUT2D eigenvalue weighted by atomic mass is 16.4. The molecular weight excluding hydrogens is 254 g/mol. The molecule has 0 saturated carbocycles. The van der Waals surface area contributed by atoms with Crippen LogP contribution < -0.4 is 4.90 Å². The molecule has 0 fully saturated rings. The van der Waals surface area contributed by atoms with Crippen molar-refractivity contribution in [2.75, 3.05) is 4.90 Å². The van der Waals surface area contributed by atoms with E-state index in [-0.39, 0.29) is 0 Å². The molecule has 2 aromatic rings. The molecule has 0 aliphatic carbocycles. The Hall–Kier alpha value is -2.49. The first-order valence-electron chi connectivity index (χ1n) is 6.53. The fourth-order valence-corrected chi connectivity index (χ4v) is 2.62. The van der Waals surface area contributed by atoms with E-state index in [0.717, 1.165) is 24.1 Å². The summed E-state index contributed by atoms with van der Waals surface area (Å²) in [5.74, 6) is 0.300. The molecule has 0 radical (unpaired) electrons.